The second kappa shape index (κ2) is 3.04. The Labute approximate surface area is 67.4 Å². The summed E-state index contributed by atoms with van der Waals surface area (Å²) in [6.45, 7) is 0. The third kappa shape index (κ3) is 1.42. The summed E-state index contributed by atoms with van der Waals surface area (Å²) in [7, 11) is 1.22. The van der Waals surface area contributed by atoms with Gasteiger partial charge < -0.3 is 10.5 Å². The smallest absolute Gasteiger partial charge is 0.346 e. The number of nitrogens with two attached hydrogens (primary N) is 1. The van der Waals surface area contributed by atoms with E-state index >= 15 is 0 Å². The zero-order valence-electron chi connectivity index (χ0n) is 6.33. The van der Waals surface area contributed by atoms with Gasteiger partial charge in [0.1, 0.15) is 11.4 Å². The molecule has 1 aromatic rings. The number of anilines is 1. The highest BCUT2D eigenvalue weighted by atomic mass is 16.5. The second-order valence-corrected chi connectivity index (χ2v) is 2.01. The number of nitrogens with zero attached hydrogens (tertiary/aromatic N) is 1. The first kappa shape index (κ1) is 8.25. The van der Waals surface area contributed by atoms with E-state index in [0.717, 1.165) is 6.20 Å². The van der Waals surface area contributed by atoms with Crippen LogP contribution in [0.4, 0.5) is 5.82 Å². The predicted octanol–water partition coefficient (Wildman–Crippen LogP) is -0.861. The maximum atomic E-state index is 10.9. The molecule has 0 unspecified atom stereocenters. The topological polar surface area (TPSA) is 98.1 Å². The number of carbonyl (C=O) groups is 1. The Morgan fingerprint density at radius 2 is 2.42 bits per heavy atom. The molecule has 12 heavy (non-hydrogen) atoms. The fourth-order valence-electron chi connectivity index (χ4n) is 0.680. The summed E-state index contributed by atoms with van der Waals surface area (Å²) in [5, 5.41) is 0. The summed E-state index contributed by atoms with van der Waals surface area (Å²) in [6.07, 6.45) is 1.07. The maximum absolute atomic E-state index is 10.9. The molecule has 0 saturated carbocycles. The van der Waals surface area contributed by atoms with Crippen LogP contribution in [0.15, 0.2) is 11.0 Å². The molecule has 0 aliphatic carbocycles. The minimum absolute atomic E-state index is 0.0400. The Morgan fingerprint density at radius 3 is 2.92 bits per heavy atom. The molecule has 64 valence electrons. The van der Waals surface area contributed by atoms with Crippen LogP contribution in [0, 0.1) is 0 Å². The van der Waals surface area contributed by atoms with Gasteiger partial charge in [0.05, 0.1) is 13.3 Å². The van der Waals surface area contributed by atoms with E-state index in [1.54, 1.807) is 0 Å². The molecular weight excluding hydrogens is 162 g/mol. The van der Waals surface area contributed by atoms with Crippen LogP contribution in [0.25, 0.3) is 0 Å². The highest BCUT2D eigenvalue weighted by Gasteiger charge is 2.10. The number of methoxy groups -OCH3 is 1. The molecule has 3 N–H and O–H groups in total. The van der Waals surface area contributed by atoms with E-state index in [2.05, 4.69) is 14.7 Å². The Balaban J connectivity index is 3.18. The number of nitrogens with one attached hydrogen (secondary N) is 1. The molecule has 0 aromatic carbocycles. The summed E-state index contributed by atoms with van der Waals surface area (Å²) in [5.41, 5.74) is 4.76. The number of aromatic amines is 1. The van der Waals surface area contributed by atoms with Crippen molar-refractivity contribution in [3.63, 3.8) is 0 Å². The molecule has 0 amide bonds. The van der Waals surface area contributed by atoms with E-state index in [9.17, 15) is 9.59 Å². The Morgan fingerprint density at radius 1 is 1.75 bits per heavy atom. The zero-order chi connectivity index (χ0) is 9.14. The second-order valence-electron chi connectivity index (χ2n) is 2.01. The third-order valence-electron chi connectivity index (χ3n) is 1.25. The molecule has 6 nitrogen and oxygen atoms in total. The van der Waals surface area contributed by atoms with Crippen molar-refractivity contribution in [3.05, 3.63) is 22.2 Å². The molecule has 0 aliphatic heterocycles. The molecule has 1 heterocycles. The van der Waals surface area contributed by atoms with E-state index in [-0.39, 0.29) is 11.4 Å². The third-order valence-corrected chi connectivity index (χ3v) is 1.25. The summed E-state index contributed by atoms with van der Waals surface area (Å²) in [4.78, 5) is 26.9. The average molecular weight is 169 g/mol. The minimum Gasteiger partial charge on any atom is -0.465 e. The van der Waals surface area contributed by atoms with Gasteiger partial charge in [-0.25, -0.2) is 14.6 Å². The van der Waals surface area contributed by atoms with Crippen LogP contribution in [0.2, 0.25) is 0 Å². The van der Waals surface area contributed by atoms with Crippen molar-refractivity contribution in [2.75, 3.05) is 12.8 Å². The lowest BCUT2D eigenvalue weighted by Gasteiger charge is -2.00. The molecule has 1 rings (SSSR count). The molecule has 0 aliphatic rings. The normalized spacial score (nSPS) is 9.42. The first-order valence-electron chi connectivity index (χ1n) is 3.08. The molecule has 1 aromatic heterocycles. The molecule has 6 heteroatoms. The van der Waals surface area contributed by atoms with Gasteiger partial charge in [0.15, 0.2) is 0 Å². The van der Waals surface area contributed by atoms with Crippen LogP contribution < -0.4 is 11.4 Å². The summed E-state index contributed by atoms with van der Waals surface area (Å²) >= 11 is 0. The monoisotopic (exact) mass is 169 g/mol. The number of hydrogen-bond donors (Lipinski definition) is 2. The molecule has 0 saturated heterocycles. The van der Waals surface area contributed by atoms with Gasteiger partial charge in [-0.05, 0) is 0 Å². The van der Waals surface area contributed by atoms with Crippen molar-refractivity contribution >= 4 is 11.8 Å². The van der Waals surface area contributed by atoms with Gasteiger partial charge in [0.2, 0.25) is 0 Å². The predicted molar refractivity (Wildman–Crippen MR) is 40.6 cm³/mol. The number of ether oxygens (including phenoxy) is 1. The van der Waals surface area contributed by atoms with Gasteiger partial charge in [-0.2, -0.15) is 0 Å². The van der Waals surface area contributed by atoms with Gasteiger partial charge in [-0.15, -0.1) is 0 Å². The molecule has 0 atom stereocenters. The standard InChI is InChI=1S/C6H7N3O3/c1-12-5(10)3-2-8-6(11)9-4(3)7/h2H,1H3,(H3,7,8,9,11). The van der Waals surface area contributed by atoms with E-state index in [1.165, 1.54) is 7.11 Å². The number of nitrogen functional groups attached to an aromatic ring is 1. The van der Waals surface area contributed by atoms with E-state index in [1.807, 2.05) is 0 Å². The first-order chi connectivity index (χ1) is 5.65. The van der Waals surface area contributed by atoms with Crippen molar-refractivity contribution in [1.29, 1.82) is 0 Å². The molecular formula is C6H7N3O3. The molecule has 0 radical (unpaired) electrons. The molecule has 0 bridgehead atoms. The van der Waals surface area contributed by atoms with Crippen molar-refractivity contribution in [2.24, 2.45) is 0 Å². The maximum Gasteiger partial charge on any atom is 0.346 e. The average Bonchev–Trinajstić information content (AvgIpc) is 2.03. The zero-order valence-corrected chi connectivity index (χ0v) is 6.33. The number of rotatable bonds is 1. The van der Waals surface area contributed by atoms with Gasteiger partial charge in [-0.3, -0.25) is 4.98 Å². The van der Waals surface area contributed by atoms with Crippen LogP contribution in [-0.4, -0.2) is 23.0 Å². The fraction of sp³-hybridized carbons (Fsp3) is 0.167. The van der Waals surface area contributed by atoms with Crippen LogP contribution in [0.1, 0.15) is 10.4 Å². The molecule has 0 fully saturated rings. The summed E-state index contributed by atoms with van der Waals surface area (Å²) in [6, 6.07) is 0. The lowest BCUT2D eigenvalue weighted by molar-refractivity contribution is 0.0601. The Kier molecular flexibility index (Phi) is 2.09. The van der Waals surface area contributed by atoms with Gasteiger partial charge >= 0.3 is 11.7 Å². The van der Waals surface area contributed by atoms with Gasteiger partial charge in [-0.1, -0.05) is 0 Å². The van der Waals surface area contributed by atoms with E-state index < -0.39 is 11.7 Å². The van der Waals surface area contributed by atoms with Crippen molar-refractivity contribution in [3.8, 4) is 0 Å². The fourth-order valence-corrected chi connectivity index (χ4v) is 0.680. The van der Waals surface area contributed by atoms with E-state index in [4.69, 9.17) is 5.73 Å². The van der Waals surface area contributed by atoms with Crippen LogP contribution in [-0.2, 0) is 4.74 Å². The van der Waals surface area contributed by atoms with E-state index in [0.29, 0.717) is 0 Å². The first-order valence-corrected chi connectivity index (χ1v) is 3.08. The number of H-pyrrole nitrogens is 1. The Hall–Kier alpha value is -1.85. The summed E-state index contributed by atoms with van der Waals surface area (Å²) in [5.74, 6) is -0.668. The lowest BCUT2D eigenvalue weighted by atomic mass is 10.3. The number of carbonyl (C=O) groups excluding carboxylic acids is 1. The highest BCUT2D eigenvalue weighted by Crippen LogP contribution is 2.03. The van der Waals surface area contributed by atoms with Crippen LogP contribution in [0.5, 0.6) is 0 Å². The van der Waals surface area contributed by atoms with Crippen molar-refractivity contribution in [2.45, 2.75) is 0 Å². The van der Waals surface area contributed by atoms with Crippen LogP contribution >= 0.6 is 0 Å². The minimum atomic E-state index is -0.628. The van der Waals surface area contributed by atoms with Crippen molar-refractivity contribution in [1.82, 2.24) is 9.97 Å². The highest BCUT2D eigenvalue weighted by molar-refractivity contribution is 5.93. The van der Waals surface area contributed by atoms with Crippen LogP contribution in [0.3, 0.4) is 0 Å². The number of hydrogen-bond acceptors (Lipinski definition) is 5. The SMILES string of the molecule is COC(=O)c1cnc(=O)[nH]c1N. The number of esters is 1. The summed E-state index contributed by atoms with van der Waals surface area (Å²) < 4.78 is 4.38. The largest absolute Gasteiger partial charge is 0.465 e. The quantitative estimate of drug-likeness (QED) is 0.533. The van der Waals surface area contributed by atoms with Gasteiger partial charge in [0.25, 0.3) is 0 Å². The number of aromatic nitrogens is 2. The van der Waals surface area contributed by atoms with Gasteiger partial charge in [0, 0.05) is 0 Å². The Bertz CT molecular complexity index is 357. The lowest BCUT2D eigenvalue weighted by Crippen LogP contribution is -2.17. The molecule has 0 spiro atoms. The van der Waals surface area contributed by atoms with Crippen molar-refractivity contribution < 1.29 is 9.53 Å².